The molecule has 0 aliphatic rings. The first-order chi connectivity index (χ1) is 6.47. The van der Waals surface area contributed by atoms with E-state index in [1.807, 2.05) is 0 Å². The molecule has 17 heteroatoms. The molecule has 0 heterocycles. The van der Waals surface area contributed by atoms with Crippen LogP contribution in [0.3, 0.4) is 0 Å². The van der Waals surface area contributed by atoms with Crippen molar-refractivity contribution in [3.63, 3.8) is 0 Å². The number of rotatable bonds is 6. The van der Waals surface area contributed by atoms with Crippen molar-refractivity contribution in [2.75, 3.05) is 6.61 Å². The van der Waals surface area contributed by atoms with Gasteiger partial charge in [-0.1, -0.05) is 0 Å². The van der Waals surface area contributed by atoms with Crippen molar-refractivity contribution in [3.8, 4) is 0 Å². The molecule has 0 aromatic heterocycles. The van der Waals surface area contributed by atoms with Gasteiger partial charge in [-0.3, -0.25) is 13.4 Å². The Balaban J connectivity index is -0.000000163. The summed E-state index contributed by atoms with van der Waals surface area (Å²) in [6.45, 7) is 0.768. The van der Waals surface area contributed by atoms with Crippen LogP contribution in [0.4, 0.5) is 0 Å². The molecule has 0 spiro atoms. The zero-order valence-electron chi connectivity index (χ0n) is 11.1. The molecular weight excluding hydrogens is 433 g/mol. The van der Waals surface area contributed by atoms with E-state index >= 15 is 0 Å². The van der Waals surface area contributed by atoms with E-state index in [0.29, 0.717) is 0 Å². The molecule has 19 heavy (non-hydrogen) atoms. The zero-order valence-corrected chi connectivity index (χ0v) is 26.3. The van der Waals surface area contributed by atoms with E-state index < -0.39 is 30.1 Å². The normalized spacial score (nSPS) is 16.3. The Kier molecular flexibility index (Phi) is 33.1. The molecular formula is C2H5K4O10P3. The van der Waals surface area contributed by atoms with Gasteiger partial charge in [-0.15, -0.1) is 0 Å². The average Bonchev–Trinajstić information content (AvgIpc) is 1.74. The molecule has 0 bridgehead atoms. The summed E-state index contributed by atoms with van der Waals surface area (Å²) in [6, 6.07) is 0. The summed E-state index contributed by atoms with van der Waals surface area (Å²) in [4.78, 5) is 40.8. The van der Waals surface area contributed by atoms with Crippen LogP contribution in [0.25, 0.3) is 0 Å². The molecule has 0 saturated heterocycles. The fourth-order valence-corrected chi connectivity index (χ4v) is 3.29. The maximum Gasteiger partial charge on any atom is 1.00 e. The van der Waals surface area contributed by atoms with Crippen LogP contribution in [-0.4, -0.2) is 6.61 Å². The van der Waals surface area contributed by atoms with Gasteiger partial charge in [0.1, 0.15) is 0 Å². The maximum absolute atomic E-state index is 10.6. The quantitative estimate of drug-likeness (QED) is 0.286. The molecule has 0 fully saturated rings. The van der Waals surface area contributed by atoms with Gasteiger partial charge < -0.3 is 28.7 Å². The van der Waals surface area contributed by atoms with Crippen molar-refractivity contribution >= 4 is 23.5 Å². The van der Waals surface area contributed by atoms with Gasteiger partial charge in [-0.25, -0.2) is 4.31 Å². The maximum atomic E-state index is 10.6. The Morgan fingerprint density at radius 3 is 1.42 bits per heavy atom. The summed E-state index contributed by atoms with van der Waals surface area (Å²) < 4.78 is 40.8. The van der Waals surface area contributed by atoms with Crippen molar-refractivity contribution in [1.82, 2.24) is 0 Å². The molecule has 0 aromatic rings. The van der Waals surface area contributed by atoms with Crippen LogP contribution in [0.1, 0.15) is 6.92 Å². The number of hydrogen-bond acceptors (Lipinski definition) is 10. The molecule has 0 amide bonds. The van der Waals surface area contributed by atoms with E-state index in [4.69, 9.17) is 0 Å². The molecule has 2 atom stereocenters. The summed E-state index contributed by atoms with van der Waals surface area (Å²) in [7, 11) is -17.0. The van der Waals surface area contributed by atoms with Crippen LogP contribution in [-0.2, 0) is 26.8 Å². The third-order valence-electron chi connectivity index (χ3n) is 0.687. The summed E-state index contributed by atoms with van der Waals surface area (Å²) >= 11 is 0. The summed E-state index contributed by atoms with van der Waals surface area (Å²) in [5.74, 6) is 0. The molecule has 0 aliphatic heterocycles. The fourth-order valence-electron chi connectivity index (χ4n) is 0.442. The molecule has 0 aliphatic carbocycles. The monoisotopic (exact) mass is 438 g/mol. The van der Waals surface area contributed by atoms with Crippen molar-refractivity contribution < 1.29 is 252 Å². The van der Waals surface area contributed by atoms with Crippen molar-refractivity contribution in [1.29, 1.82) is 0 Å². The predicted octanol–water partition coefficient (Wildman–Crippen LogP) is -14.2. The third-order valence-corrected chi connectivity index (χ3v) is 4.46. The molecule has 0 saturated carbocycles. The van der Waals surface area contributed by atoms with E-state index in [-0.39, 0.29) is 206 Å². The van der Waals surface area contributed by atoms with E-state index in [9.17, 15) is 33.3 Å². The van der Waals surface area contributed by atoms with E-state index in [1.165, 1.54) is 6.92 Å². The second kappa shape index (κ2) is 17.1. The Labute approximate surface area is 280 Å². The minimum absolute atomic E-state index is 0. The van der Waals surface area contributed by atoms with E-state index in [0.717, 1.165) is 0 Å². The molecule has 0 rings (SSSR count). The van der Waals surface area contributed by atoms with Gasteiger partial charge in [-0.05, 0) is 6.92 Å². The van der Waals surface area contributed by atoms with Crippen LogP contribution in [0.15, 0.2) is 0 Å². The third kappa shape index (κ3) is 25.0. The van der Waals surface area contributed by atoms with Gasteiger partial charge >= 0.3 is 206 Å². The number of phosphoric acid groups is 3. The van der Waals surface area contributed by atoms with Gasteiger partial charge in [0.15, 0.2) is 0 Å². The fraction of sp³-hybridized carbons (Fsp3) is 1.00. The first-order valence-electron chi connectivity index (χ1n) is 3.19. The number of hydrogen-bond donors (Lipinski definition) is 0. The first-order valence-corrected chi connectivity index (χ1v) is 7.57. The minimum atomic E-state index is -5.91. The number of phosphoric ester groups is 1. The summed E-state index contributed by atoms with van der Waals surface area (Å²) in [5.41, 5.74) is 0. The summed E-state index contributed by atoms with van der Waals surface area (Å²) in [6.07, 6.45) is 0. The van der Waals surface area contributed by atoms with E-state index in [2.05, 4.69) is 13.1 Å². The van der Waals surface area contributed by atoms with Crippen molar-refractivity contribution in [2.24, 2.45) is 0 Å². The Morgan fingerprint density at radius 1 is 0.789 bits per heavy atom. The molecule has 0 aromatic carbocycles. The summed E-state index contributed by atoms with van der Waals surface area (Å²) in [5, 5.41) is 0. The Hall–Kier alpha value is 6.96. The Bertz CT molecular complexity index is 355. The molecule has 0 radical (unpaired) electrons. The van der Waals surface area contributed by atoms with Gasteiger partial charge in [-0.2, -0.15) is 0 Å². The smallest absolute Gasteiger partial charge is 0.790 e. The van der Waals surface area contributed by atoms with Gasteiger partial charge in [0, 0.05) is 0 Å². The van der Waals surface area contributed by atoms with Crippen LogP contribution >= 0.6 is 23.5 Å². The molecule has 92 valence electrons. The van der Waals surface area contributed by atoms with Crippen LogP contribution in [0, 0.1) is 0 Å². The predicted molar refractivity (Wildman–Crippen MR) is 36.6 cm³/mol. The van der Waals surface area contributed by atoms with Crippen molar-refractivity contribution in [2.45, 2.75) is 6.92 Å². The second-order valence-electron chi connectivity index (χ2n) is 1.92. The first kappa shape index (κ1) is 36.8. The van der Waals surface area contributed by atoms with E-state index in [1.54, 1.807) is 0 Å². The average molecular weight is 438 g/mol. The molecule has 10 nitrogen and oxygen atoms in total. The largest absolute Gasteiger partial charge is 1.00 e. The SMILES string of the molecule is CCOP(=O)([O-])OP(=O)([O-])OP(=O)([O-])[O-].[K+].[K+].[K+].[K+]. The minimum Gasteiger partial charge on any atom is -0.790 e. The van der Waals surface area contributed by atoms with Gasteiger partial charge in [0.05, 0.1) is 14.4 Å². The van der Waals surface area contributed by atoms with Crippen LogP contribution in [0.5, 0.6) is 0 Å². The van der Waals surface area contributed by atoms with Crippen LogP contribution in [0.2, 0.25) is 0 Å². The topological polar surface area (TPSA) is 171 Å². The molecule has 0 N–H and O–H groups in total. The Morgan fingerprint density at radius 2 is 1.16 bits per heavy atom. The standard InChI is InChI=1S/C2H9O10P3.4K/c1-2-10-14(6,7)12-15(8,9)11-13(3,4)5;;;;/h2H2,1H3,(H,6,7)(H,8,9)(H2,3,4,5);;;;/q;4*+1/p-4. The van der Waals surface area contributed by atoms with Crippen molar-refractivity contribution in [3.05, 3.63) is 0 Å². The second-order valence-corrected chi connectivity index (χ2v) is 6.17. The zero-order chi connectivity index (χ0) is 12.3. The van der Waals surface area contributed by atoms with Gasteiger partial charge in [0.2, 0.25) is 0 Å². The van der Waals surface area contributed by atoms with Crippen LogP contribution < -0.4 is 225 Å². The van der Waals surface area contributed by atoms with Gasteiger partial charge in [0.25, 0.3) is 15.6 Å². The molecule has 2 unspecified atom stereocenters.